The summed E-state index contributed by atoms with van der Waals surface area (Å²) in [6, 6.07) is 17.4. The maximum Gasteiger partial charge on any atom is 0.253 e. The van der Waals surface area contributed by atoms with E-state index in [0.29, 0.717) is 17.9 Å². The van der Waals surface area contributed by atoms with Gasteiger partial charge in [-0.1, -0.05) is 50.2 Å². The summed E-state index contributed by atoms with van der Waals surface area (Å²) in [6.45, 7) is 6.41. The molecule has 0 saturated carbocycles. The molecule has 0 bridgehead atoms. The molecule has 2 atom stereocenters. The molecule has 1 fully saturated rings. The van der Waals surface area contributed by atoms with Gasteiger partial charge in [0.2, 0.25) is 0 Å². The summed E-state index contributed by atoms with van der Waals surface area (Å²) in [7, 11) is 2.07. The zero-order valence-corrected chi connectivity index (χ0v) is 18.6. The number of ether oxygens (including phenoxy) is 1. The summed E-state index contributed by atoms with van der Waals surface area (Å²) in [5.41, 5.74) is 2.38. The van der Waals surface area contributed by atoms with E-state index in [1.807, 2.05) is 18.2 Å². The van der Waals surface area contributed by atoms with Crippen molar-refractivity contribution in [3.63, 3.8) is 0 Å². The third-order valence-electron chi connectivity index (χ3n) is 5.54. The van der Waals surface area contributed by atoms with E-state index in [9.17, 15) is 9.59 Å². The Balaban J connectivity index is 1.59. The predicted octanol–water partition coefficient (Wildman–Crippen LogP) is 3.69. The van der Waals surface area contributed by atoms with E-state index in [1.165, 1.54) is 5.56 Å². The molecule has 3 rings (SSSR count). The van der Waals surface area contributed by atoms with E-state index in [2.05, 4.69) is 48.6 Å². The number of carbonyl (C=O) groups is 2. The van der Waals surface area contributed by atoms with E-state index in [0.717, 1.165) is 25.9 Å². The van der Waals surface area contributed by atoms with Crippen molar-refractivity contribution in [1.82, 2.24) is 10.2 Å². The number of carbonyl (C=O) groups excluding carboxylic acids is 2. The van der Waals surface area contributed by atoms with Crippen LogP contribution >= 0.6 is 0 Å². The monoisotopic (exact) mass is 423 g/mol. The van der Waals surface area contributed by atoms with Gasteiger partial charge in [0.1, 0.15) is 6.10 Å². The number of benzene rings is 2. The highest BCUT2D eigenvalue weighted by Gasteiger charge is 2.24. The first-order valence-electron chi connectivity index (χ1n) is 11.0. The molecular weight excluding hydrogens is 390 g/mol. The van der Waals surface area contributed by atoms with Gasteiger partial charge in [0.05, 0.1) is 0 Å². The smallest absolute Gasteiger partial charge is 0.253 e. The molecule has 2 aromatic rings. The van der Waals surface area contributed by atoms with Crippen molar-refractivity contribution in [3.8, 4) is 0 Å². The van der Waals surface area contributed by atoms with E-state index in [-0.39, 0.29) is 23.8 Å². The molecule has 0 spiro atoms. The maximum atomic E-state index is 12.9. The van der Waals surface area contributed by atoms with Gasteiger partial charge in [-0.3, -0.25) is 9.59 Å². The van der Waals surface area contributed by atoms with Gasteiger partial charge in [-0.2, -0.15) is 0 Å². The van der Waals surface area contributed by atoms with E-state index >= 15 is 0 Å². The van der Waals surface area contributed by atoms with Gasteiger partial charge in [-0.05, 0) is 49.6 Å². The van der Waals surface area contributed by atoms with E-state index < -0.39 is 6.10 Å². The van der Waals surface area contributed by atoms with Gasteiger partial charge in [0, 0.05) is 37.0 Å². The first kappa shape index (κ1) is 23.0. The number of hydrogen-bond donors (Lipinski definition) is 2. The van der Waals surface area contributed by atoms with Crippen molar-refractivity contribution in [3.05, 3.63) is 65.7 Å². The molecule has 6 nitrogen and oxygen atoms in total. The third kappa shape index (κ3) is 6.91. The fourth-order valence-electron chi connectivity index (χ4n) is 3.72. The fraction of sp³-hybridized carbons (Fsp3) is 0.440. The molecular formula is C25H33N3O3. The molecule has 1 aliphatic heterocycles. The van der Waals surface area contributed by atoms with Crippen LogP contribution in [-0.4, -0.2) is 49.1 Å². The van der Waals surface area contributed by atoms with Crippen LogP contribution in [0.5, 0.6) is 0 Å². The van der Waals surface area contributed by atoms with Crippen LogP contribution in [0.4, 0.5) is 5.69 Å². The van der Waals surface area contributed by atoms with Gasteiger partial charge in [0.15, 0.2) is 0 Å². The number of nitrogens with one attached hydrogen (secondary N) is 2. The Kier molecular flexibility index (Phi) is 8.20. The van der Waals surface area contributed by atoms with Crippen LogP contribution in [0.25, 0.3) is 0 Å². The lowest BCUT2D eigenvalue weighted by Gasteiger charge is -2.28. The lowest BCUT2D eigenvalue weighted by molar-refractivity contribution is -0.124. The number of rotatable bonds is 9. The Hall–Kier alpha value is -2.70. The molecule has 1 aliphatic rings. The van der Waals surface area contributed by atoms with E-state index in [4.69, 9.17) is 4.74 Å². The highest BCUT2D eigenvalue weighted by atomic mass is 16.5. The molecule has 2 aromatic carbocycles. The third-order valence-corrected chi connectivity index (χ3v) is 5.54. The van der Waals surface area contributed by atoms with Crippen LogP contribution in [0.2, 0.25) is 0 Å². The van der Waals surface area contributed by atoms with E-state index in [1.54, 1.807) is 24.3 Å². The molecule has 2 N–H and O–H groups in total. The number of likely N-dealkylation sites (N-methyl/N-ethyl adjacent to an activating group) is 1. The first-order chi connectivity index (χ1) is 14.9. The predicted molar refractivity (Wildman–Crippen MR) is 123 cm³/mol. The summed E-state index contributed by atoms with van der Waals surface area (Å²) in [5.74, 6) is -0.0118. The molecule has 0 aliphatic carbocycles. The van der Waals surface area contributed by atoms with Gasteiger partial charge in [-0.25, -0.2) is 0 Å². The lowest BCUT2D eigenvalue weighted by Crippen LogP contribution is -2.45. The first-order valence-corrected chi connectivity index (χ1v) is 11.0. The van der Waals surface area contributed by atoms with Crippen LogP contribution < -0.4 is 10.6 Å². The summed E-state index contributed by atoms with van der Waals surface area (Å²) in [5, 5.41) is 6.03. The van der Waals surface area contributed by atoms with Gasteiger partial charge in [-0.15, -0.1) is 0 Å². The summed E-state index contributed by atoms with van der Waals surface area (Å²) in [4.78, 5) is 27.4. The van der Waals surface area contributed by atoms with Crippen molar-refractivity contribution in [1.29, 1.82) is 0 Å². The molecule has 1 saturated heterocycles. The standard InChI is InChI=1S/C25H33N3O3/c1-18(2)22(17-28(3)16-19-9-5-4-6-10-19)27-24(29)20-11-7-12-21(15-20)26-25(30)23-13-8-14-31-23/h4-7,9-12,15,18,22-23H,8,13-14,16-17H2,1-3H3,(H,26,30)(H,27,29)/t22-,23-/m0/s1. The molecule has 1 heterocycles. The van der Waals surface area contributed by atoms with Gasteiger partial charge < -0.3 is 20.3 Å². The quantitative estimate of drug-likeness (QED) is 0.645. The zero-order chi connectivity index (χ0) is 22.2. The zero-order valence-electron chi connectivity index (χ0n) is 18.6. The lowest BCUT2D eigenvalue weighted by atomic mass is 10.0. The Bertz CT molecular complexity index is 863. The van der Waals surface area contributed by atoms with Crippen molar-refractivity contribution in [2.75, 3.05) is 25.5 Å². The highest BCUT2D eigenvalue weighted by Crippen LogP contribution is 2.17. The minimum absolute atomic E-state index is 0.00588. The molecule has 166 valence electrons. The summed E-state index contributed by atoms with van der Waals surface area (Å²) < 4.78 is 5.43. The van der Waals surface area contributed by atoms with Crippen LogP contribution in [0.3, 0.4) is 0 Å². The molecule has 2 amide bonds. The molecule has 0 aromatic heterocycles. The van der Waals surface area contributed by atoms with Crippen LogP contribution in [0, 0.1) is 5.92 Å². The number of anilines is 1. The summed E-state index contributed by atoms with van der Waals surface area (Å²) >= 11 is 0. The second-order valence-electron chi connectivity index (χ2n) is 8.58. The van der Waals surface area contributed by atoms with Gasteiger partial charge in [0.25, 0.3) is 11.8 Å². The van der Waals surface area contributed by atoms with Crippen LogP contribution in [-0.2, 0) is 16.1 Å². The normalized spacial score (nSPS) is 17.0. The minimum Gasteiger partial charge on any atom is -0.368 e. The largest absolute Gasteiger partial charge is 0.368 e. The average Bonchev–Trinajstić information content (AvgIpc) is 3.29. The molecule has 0 radical (unpaired) electrons. The average molecular weight is 424 g/mol. The second kappa shape index (κ2) is 11.1. The Morgan fingerprint density at radius 1 is 1.13 bits per heavy atom. The summed E-state index contributed by atoms with van der Waals surface area (Å²) in [6.07, 6.45) is 1.23. The Morgan fingerprint density at radius 2 is 1.90 bits per heavy atom. The van der Waals surface area contributed by atoms with Crippen molar-refractivity contribution >= 4 is 17.5 Å². The molecule has 31 heavy (non-hydrogen) atoms. The highest BCUT2D eigenvalue weighted by molar-refractivity contribution is 5.98. The Labute approximate surface area is 185 Å². The number of amides is 2. The second-order valence-corrected chi connectivity index (χ2v) is 8.58. The topological polar surface area (TPSA) is 70.7 Å². The van der Waals surface area contributed by atoms with Crippen LogP contribution in [0.15, 0.2) is 54.6 Å². The van der Waals surface area contributed by atoms with Gasteiger partial charge >= 0.3 is 0 Å². The SMILES string of the molecule is CC(C)[C@H](CN(C)Cc1ccccc1)NC(=O)c1cccc(NC(=O)[C@@H]2CCCO2)c1. The van der Waals surface area contributed by atoms with Crippen LogP contribution in [0.1, 0.15) is 42.6 Å². The molecule has 0 unspecified atom stereocenters. The fourth-order valence-corrected chi connectivity index (χ4v) is 3.72. The molecule has 6 heteroatoms. The number of nitrogens with zero attached hydrogens (tertiary/aromatic N) is 1. The minimum atomic E-state index is -0.400. The maximum absolute atomic E-state index is 12.9. The van der Waals surface area contributed by atoms with Crippen molar-refractivity contribution < 1.29 is 14.3 Å². The van der Waals surface area contributed by atoms with Crippen molar-refractivity contribution in [2.24, 2.45) is 5.92 Å². The number of hydrogen-bond acceptors (Lipinski definition) is 4. The Morgan fingerprint density at radius 3 is 2.58 bits per heavy atom. The van der Waals surface area contributed by atoms with Crippen molar-refractivity contribution in [2.45, 2.75) is 45.4 Å².